The van der Waals surface area contributed by atoms with Crippen molar-refractivity contribution < 1.29 is 13.2 Å². The third-order valence-corrected chi connectivity index (χ3v) is 2.62. The van der Waals surface area contributed by atoms with Gasteiger partial charge in [-0.25, -0.2) is 4.98 Å². The summed E-state index contributed by atoms with van der Waals surface area (Å²) in [4.78, 5) is 4.32. The second-order valence-electron chi connectivity index (χ2n) is 4.34. The lowest BCUT2D eigenvalue weighted by Crippen LogP contribution is -2.09. The Morgan fingerprint density at radius 1 is 1.25 bits per heavy atom. The molecule has 108 valence electrons. The zero-order valence-corrected chi connectivity index (χ0v) is 11.0. The van der Waals surface area contributed by atoms with Crippen LogP contribution in [0.25, 0.3) is 0 Å². The van der Waals surface area contributed by atoms with Crippen molar-refractivity contribution in [3.8, 4) is 0 Å². The average molecular weight is 284 g/mol. The highest BCUT2D eigenvalue weighted by atomic mass is 19.4. The smallest absolute Gasteiger partial charge is 0.370 e. The number of pyridine rings is 1. The molecule has 0 aromatic carbocycles. The highest BCUT2D eigenvalue weighted by Gasteiger charge is 2.33. The number of rotatable bonds is 5. The number of hydrogen-bond donors (Lipinski definition) is 1. The predicted molar refractivity (Wildman–Crippen MR) is 69.3 cm³/mol. The van der Waals surface area contributed by atoms with Crippen molar-refractivity contribution in [1.29, 1.82) is 0 Å². The van der Waals surface area contributed by atoms with E-state index in [9.17, 15) is 13.2 Å². The summed E-state index contributed by atoms with van der Waals surface area (Å²) in [6, 6.07) is 6.35. The summed E-state index contributed by atoms with van der Waals surface area (Å²) in [7, 11) is 0. The van der Waals surface area contributed by atoms with Gasteiger partial charge in [0.25, 0.3) is 0 Å². The minimum atomic E-state index is -4.41. The average Bonchev–Trinajstić information content (AvgIpc) is 2.85. The molecular weight excluding hydrogens is 269 g/mol. The lowest BCUT2D eigenvalue weighted by Gasteiger charge is -2.07. The maximum Gasteiger partial charge on any atom is 0.435 e. The van der Waals surface area contributed by atoms with Crippen LogP contribution in [0, 0.1) is 0 Å². The number of alkyl halides is 3. The van der Waals surface area contributed by atoms with E-state index in [-0.39, 0.29) is 6.54 Å². The van der Waals surface area contributed by atoms with Crippen LogP contribution >= 0.6 is 0 Å². The van der Waals surface area contributed by atoms with E-state index in [0.29, 0.717) is 11.5 Å². The Hall–Kier alpha value is -2.05. The van der Waals surface area contributed by atoms with Crippen LogP contribution in [0.5, 0.6) is 0 Å². The molecule has 0 amide bonds. The molecule has 0 spiro atoms. The fraction of sp³-hybridized carbons (Fsp3) is 0.385. The number of anilines is 1. The third kappa shape index (κ3) is 3.72. The molecule has 0 saturated heterocycles. The lowest BCUT2D eigenvalue weighted by molar-refractivity contribution is -0.141. The summed E-state index contributed by atoms with van der Waals surface area (Å²) in [5.41, 5.74) is -0.235. The number of halogens is 3. The molecule has 2 heterocycles. The normalized spacial score (nSPS) is 11.6. The van der Waals surface area contributed by atoms with Gasteiger partial charge in [0.2, 0.25) is 0 Å². The molecule has 7 heteroatoms. The van der Waals surface area contributed by atoms with Gasteiger partial charge in [-0.05, 0) is 24.6 Å². The molecule has 2 aromatic rings. The van der Waals surface area contributed by atoms with E-state index < -0.39 is 11.9 Å². The molecule has 0 unspecified atom stereocenters. The van der Waals surface area contributed by atoms with Crippen molar-refractivity contribution in [2.24, 2.45) is 0 Å². The first-order valence-corrected chi connectivity index (χ1v) is 6.29. The van der Waals surface area contributed by atoms with E-state index in [1.165, 1.54) is 10.9 Å². The Morgan fingerprint density at radius 2 is 2.05 bits per heavy atom. The molecule has 0 atom stereocenters. The van der Waals surface area contributed by atoms with Crippen LogP contribution in [-0.4, -0.2) is 21.3 Å². The zero-order valence-electron chi connectivity index (χ0n) is 11.0. The molecule has 0 aliphatic rings. The van der Waals surface area contributed by atoms with Crippen molar-refractivity contribution in [2.45, 2.75) is 26.1 Å². The van der Waals surface area contributed by atoms with Crippen LogP contribution in [-0.2, 0) is 12.7 Å². The predicted octanol–water partition coefficient (Wildman–Crippen LogP) is 3.17. The zero-order chi connectivity index (χ0) is 14.6. The van der Waals surface area contributed by atoms with Crippen molar-refractivity contribution in [1.82, 2.24) is 14.8 Å². The topological polar surface area (TPSA) is 42.7 Å². The molecule has 0 radical (unpaired) electrons. The van der Waals surface area contributed by atoms with Gasteiger partial charge < -0.3 is 5.32 Å². The molecule has 2 aromatic heterocycles. The largest absolute Gasteiger partial charge is 0.435 e. The van der Waals surface area contributed by atoms with Crippen LogP contribution in [0.4, 0.5) is 19.0 Å². The van der Waals surface area contributed by atoms with Crippen molar-refractivity contribution >= 4 is 5.82 Å². The van der Waals surface area contributed by atoms with E-state index in [2.05, 4.69) is 15.4 Å². The number of nitrogens with zero attached hydrogens (tertiary/aromatic N) is 3. The minimum Gasteiger partial charge on any atom is -0.370 e. The molecule has 1 N–H and O–H groups in total. The number of hydrogen-bond acceptors (Lipinski definition) is 3. The maximum absolute atomic E-state index is 12.4. The SMILES string of the molecule is CCCNc1cccc(Cn2ccc(C(F)(F)F)n2)n1. The first kappa shape index (κ1) is 14.4. The molecule has 0 aliphatic heterocycles. The van der Waals surface area contributed by atoms with Gasteiger partial charge in [-0.2, -0.15) is 18.3 Å². The second kappa shape index (κ2) is 5.94. The molecule has 20 heavy (non-hydrogen) atoms. The molecule has 2 rings (SSSR count). The quantitative estimate of drug-likeness (QED) is 0.917. The number of nitrogens with one attached hydrogen (secondary N) is 1. The lowest BCUT2D eigenvalue weighted by atomic mass is 10.3. The standard InChI is InChI=1S/C13H15F3N4/c1-2-7-17-12-5-3-4-10(18-12)9-20-8-6-11(19-20)13(14,15)16/h3-6,8H,2,7,9H2,1H3,(H,17,18). The highest BCUT2D eigenvalue weighted by molar-refractivity contribution is 5.35. The fourth-order valence-electron chi connectivity index (χ4n) is 1.69. The summed E-state index contributed by atoms with van der Waals surface area (Å²) >= 11 is 0. The number of aromatic nitrogens is 3. The van der Waals surface area contributed by atoms with Gasteiger partial charge in [-0.3, -0.25) is 4.68 Å². The van der Waals surface area contributed by atoms with E-state index in [1.807, 2.05) is 19.1 Å². The van der Waals surface area contributed by atoms with E-state index in [0.717, 1.165) is 19.0 Å². The van der Waals surface area contributed by atoms with Gasteiger partial charge in [0, 0.05) is 12.7 Å². The maximum atomic E-state index is 12.4. The highest BCUT2D eigenvalue weighted by Crippen LogP contribution is 2.27. The van der Waals surface area contributed by atoms with Crippen LogP contribution in [0.15, 0.2) is 30.5 Å². The van der Waals surface area contributed by atoms with Gasteiger partial charge >= 0.3 is 6.18 Å². The van der Waals surface area contributed by atoms with E-state index >= 15 is 0 Å². The minimum absolute atomic E-state index is 0.206. The fourth-order valence-corrected chi connectivity index (χ4v) is 1.69. The van der Waals surface area contributed by atoms with Gasteiger partial charge in [-0.1, -0.05) is 13.0 Å². The Morgan fingerprint density at radius 3 is 2.70 bits per heavy atom. The molecular formula is C13H15F3N4. The monoisotopic (exact) mass is 284 g/mol. The van der Waals surface area contributed by atoms with Gasteiger partial charge in [0.05, 0.1) is 12.2 Å². The van der Waals surface area contributed by atoms with Crippen molar-refractivity contribution in [3.63, 3.8) is 0 Å². The van der Waals surface area contributed by atoms with E-state index in [1.54, 1.807) is 6.07 Å². The molecule has 0 saturated carbocycles. The van der Waals surface area contributed by atoms with Crippen LogP contribution in [0.1, 0.15) is 24.7 Å². The first-order valence-electron chi connectivity index (χ1n) is 6.29. The summed E-state index contributed by atoms with van der Waals surface area (Å²) in [5.74, 6) is 0.715. The Bertz CT molecular complexity index is 563. The summed E-state index contributed by atoms with van der Waals surface area (Å²) in [5, 5.41) is 6.63. The van der Waals surface area contributed by atoms with Gasteiger partial charge in [-0.15, -0.1) is 0 Å². The van der Waals surface area contributed by atoms with E-state index in [4.69, 9.17) is 0 Å². The summed E-state index contributed by atoms with van der Waals surface area (Å²) < 4.78 is 38.6. The first-order chi connectivity index (χ1) is 9.49. The summed E-state index contributed by atoms with van der Waals surface area (Å²) in [6.07, 6.45) is -2.14. The Balaban J connectivity index is 2.08. The molecule has 0 fully saturated rings. The van der Waals surface area contributed by atoms with Crippen molar-refractivity contribution in [3.05, 3.63) is 41.9 Å². The molecule has 0 bridgehead atoms. The molecule has 4 nitrogen and oxygen atoms in total. The van der Waals surface area contributed by atoms with Gasteiger partial charge in [0.15, 0.2) is 5.69 Å². The van der Waals surface area contributed by atoms with Crippen LogP contribution in [0.2, 0.25) is 0 Å². The Kier molecular flexibility index (Phi) is 4.26. The van der Waals surface area contributed by atoms with Crippen LogP contribution in [0.3, 0.4) is 0 Å². The van der Waals surface area contributed by atoms with Crippen LogP contribution < -0.4 is 5.32 Å². The molecule has 0 aliphatic carbocycles. The Labute approximate surface area is 114 Å². The van der Waals surface area contributed by atoms with Crippen molar-refractivity contribution in [2.75, 3.05) is 11.9 Å². The second-order valence-corrected chi connectivity index (χ2v) is 4.34. The third-order valence-electron chi connectivity index (χ3n) is 2.62. The van der Waals surface area contributed by atoms with Gasteiger partial charge in [0.1, 0.15) is 5.82 Å². The summed E-state index contributed by atoms with van der Waals surface area (Å²) in [6.45, 7) is 3.05.